The molecule has 0 aliphatic carbocycles. The van der Waals surface area contributed by atoms with Gasteiger partial charge in [-0.3, -0.25) is 14.4 Å². The molecule has 0 saturated carbocycles. The highest BCUT2D eigenvalue weighted by Crippen LogP contribution is 2.24. The van der Waals surface area contributed by atoms with E-state index in [0.29, 0.717) is 17.8 Å². The van der Waals surface area contributed by atoms with Crippen molar-refractivity contribution >= 4 is 34.8 Å². The molecular weight excluding hydrogens is 342 g/mol. The summed E-state index contributed by atoms with van der Waals surface area (Å²) in [7, 11) is 0. The summed E-state index contributed by atoms with van der Waals surface area (Å²) in [5, 5.41) is 5.64. The number of carbonyl (C=O) groups is 3. The molecule has 1 heterocycles. The highest BCUT2D eigenvalue weighted by Gasteiger charge is 2.21. The van der Waals surface area contributed by atoms with Crippen LogP contribution in [0.3, 0.4) is 0 Å². The minimum atomic E-state index is -0.154. The first-order valence-electron chi connectivity index (χ1n) is 9.00. The van der Waals surface area contributed by atoms with E-state index in [2.05, 4.69) is 10.6 Å². The first kappa shape index (κ1) is 18.6. The van der Waals surface area contributed by atoms with Gasteiger partial charge in [-0.05, 0) is 48.7 Å². The second-order valence-electron chi connectivity index (χ2n) is 6.70. The Kier molecular flexibility index (Phi) is 5.54. The van der Waals surface area contributed by atoms with Crippen LogP contribution in [0.25, 0.3) is 0 Å². The largest absolute Gasteiger partial charge is 0.326 e. The van der Waals surface area contributed by atoms with Crippen molar-refractivity contribution in [3.63, 3.8) is 0 Å². The van der Waals surface area contributed by atoms with Gasteiger partial charge >= 0.3 is 0 Å². The predicted octanol–water partition coefficient (Wildman–Crippen LogP) is 3.26. The Morgan fingerprint density at radius 3 is 2.30 bits per heavy atom. The van der Waals surface area contributed by atoms with Crippen LogP contribution in [-0.4, -0.2) is 24.3 Å². The average Bonchev–Trinajstić information content (AvgIpc) is 3.05. The molecule has 3 rings (SSSR count). The Labute approximate surface area is 158 Å². The predicted molar refractivity (Wildman–Crippen MR) is 106 cm³/mol. The molecule has 3 amide bonds. The molecule has 6 nitrogen and oxygen atoms in total. The van der Waals surface area contributed by atoms with Gasteiger partial charge < -0.3 is 15.5 Å². The van der Waals surface area contributed by atoms with Crippen LogP contribution in [0.4, 0.5) is 17.1 Å². The molecule has 2 N–H and O–H groups in total. The van der Waals surface area contributed by atoms with Crippen molar-refractivity contribution in [1.82, 2.24) is 0 Å². The monoisotopic (exact) mass is 365 g/mol. The van der Waals surface area contributed by atoms with Gasteiger partial charge in [0.1, 0.15) is 0 Å². The molecule has 0 bridgehead atoms. The molecule has 0 spiro atoms. The van der Waals surface area contributed by atoms with Gasteiger partial charge in [0, 0.05) is 37.0 Å². The maximum atomic E-state index is 12.4. The van der Waals surface area contributed by atoms with E-state index in [4.69, 9.17) is 0 Å². The Morgan fingerprint density at radius 1 is 1.04 bits per heavy atom. The van der Waals surface area contributed by atoms with Crippen molar-refractivity contribution in [2.24, 2.45) is 0 Å². The van der Waals surface area contributed by atoms with Crippen molar-refractivity contribution in [3.8, 4) is 0 Å². The molecule has 1 fully saturated rings. The molecule has 1 saturated heterocycles. The van der Waals surface area contributed by atoms with Gasteiger partial charge in [-0.2, -0.15) is 0 Å². The lowest BCUT2D eigenvalue weighted by molar-refractivity contribution is -0.117. The van der Waals surface area contributed by atoms with Crippen molar-refractivity contribution in [2.75, 3.05) is 22.1 Å². The van der Waals surface area contributed by atoms with Gasteiger partial charge in [-0.1, -0.05) is 18.2 Å². The summed E-state index contributed by atoms with van der Waals surface area (Å²) < 4.78 is 0. The van der Waals surface area contributed by atoms with Gasteiger partial charge in [0.05, 0.1) is 6.42 Å². The number of carbonyl (C=O) groups excluding carboxylic acids is 3. The Bertz CT molecular complexity index is 875. The minimum absolute atomic E-state index is 0.136. The number of benzene rings is 2. The highest BCUT2D eigenvalue weighted by atomic mass is 16.2. The molecule has 0 atom stereocenters. The number of nitrogens with zero attached hydrogens (tertiary/aromatic N) is 1. The van der Waals surface area contributed by atoms with E-state index in [0.717, 1.165) is 29.8 Å². The van der Waals surface area contributed by atoms with Crippen LogP contribution in [0.5, 0.6) is 0 Å². The number of hydrogen-bond acceptors (Lipinski definition) is 3. The van der Waals surface area contributed by atoms with Gasteiger partial charge in [-0.25, -0.2) is 0 Å². The van der Waals surface area contributed by atoms with E-state index in [1.165, 1.54) is 6.92 Å². The topological polar surface area (TPSA) is 78.5 Å². The maximum Gasteiger partial charge on any atom is 0.228 e. The first-order valence-corrected chi connectivity index (χ1v) is 9.00. The summed E-state index contributed by atoms with van der Waals surface area (Å²) in [6, 6.07) is 12.9. The molecule has 27 heavy (non-hydrogen) atoms. The first-order chi connectivity index (χ1) is 12.9. The van der Waals surface area contributed by atoms with E-state index in [1.54, 1.807) is 23.1 Å². The lowest BCUT2D eigenvalue weighted by atomic mass is 10.1. The van der Waals surface area contributed by atoms with E-state index in [-0.39, 0.29) is 24.1 Å². The highest BCUT2D eigenvalue weighted by molar-refractivity contribution is 5.97. The van der Waals surface area contributed by atoms with Gasteiger partial charge in [0.25, 0.3) is 0 Å². The number of anilines is 3. The quantitative estimate of drug-likeness (QED) is 0.854. The normalized spacial score (nSPS) is 13.6. The van der Waals surface area contributed by atoms with Crippen molar-refractivity contribution in [1.29, 1.82) is 0 Å². The van der Waals surface area contributed by atoms with E-state index in [1.807, 2.05) is 31.2 Å². The second kappa shape index (κ2) is 8.03. The smallest absolute Gasteiger partial charge is 0.228 e. The van der Waals surface area contributed by atoms with Crippen LogP contribution < -0.4 is 15.5 Å². The number of nitrogens with one attached hydrogen (secondary N) is 2. The van der Waals surface area contributed by atoms with Crippen molar-refractivity contribution in [2.45, 2.75) is 33.1 Å². The van der Waals surface area contributed by atoms with Crippen LogP contribution in [0, 0.1) is 6.92 Å². The molecule has 140 valence electrons. The van der Waals surface area contributed by atoms with Crippen LogP contribution in [0.2, 0.25) is 0 Å². The Hall–Kier alpha value is -3.15. The van der Waals surface area contributed by atoms with Crippen LogP contribution in [-0.2, 0) is 20.8 Å². The summed E-state index contributed by atoms with van der Waals surface area (Å²) in [6.07, 6.45) is 1.72. The lowest BCUT2D eigenvalue weighted by Gasteiger charge is -2.16. The molecule has 2 aromatic carbocycles. The summed E-state index contributed by atoms with van der Waals surface area (Å²) in [5.74, 6) is -0.142. The van der Waals surface area contributed by atoms with Gasteiger partial charge in [-0.15, -0.1) is 0 Å². The van der Waals surface area contributed by atoms with Crippen LogP contribution in [0.15, 0.2) is 42.5 Å². The third kappa shape index (κ3) is 4.53. The fourth-order valence-corrected chi connectivity index (χ4v) is 3.19. The van der Waals surface area contributed by atoms with Gasteiger partial charge in [0.2, 0.25) is 17.7 Å². The zero-order chi connectivity index (χ0) is 19.4. The third-order valence-corrected chi connectivity index (χ3v) is 4.60. The van der Waals surface area contributed by atoms with Crippen LogP contribution >= 0.6 is 0 Å². The molecule has 0 unspecified atom stereocenters. The summed E-state index contributed by atoms with van der Waals surface area (Å²) >= 11 is 0. The maximum absolute atomic E-state index is 12.4. The van der Waals surface area contributed by atoms with Crippen LogP contribution in [0.1, 0.15) is 30.9 Å². The Balaban J connectivity index is 1.64. The zero-order valence-electron chi connectivity index (χ0n) is 15.5. The summed E-state index contributed by atoms with van der Waals surface area (Å²) in [5.41, 5.74) is 3.91. The molecule has 2 aromatic rings. The number of hydrogen-bond donors (Lipinski definition) is 2. The minimum Gasteiger partial charge on any atom is -0.326 e. The van der Waals surface area contributed by atoms with E-state index < -0.39 is 0 Å². The standard InChI is InChI=1S/C21H23N3O3/c1-14-18(22-15(2)25)5-3-6-19(14)23-20(26)13-16-8-10-17(11-9-16)24-12-4-7-21(24)27/h3,5-6,8-11H,4,7,12-13H2,1-2H3,(H,22,25)(H,23,26). The lowest BCUT2D eigenvalue weighted by Crippen LogP contribution is -2.23. The van der Waals surface area contributed by atoms with E-state index in [9.17, 15) is 14.4 Å². The summed E-state index contributed by atoms with van der Waals surface area (Å²) in [4.78, 5) is 37.2. The molecule has 0 radical (unpaired) electrons. The molecule has 1 aliphatic heterocycles. The number of rotatable bonds is 5. The SMILES string of the molecule is CC(=O)Nc1cccc(NC(=O)Cc2ccc(N3CCCC3=O)cc2)c1C. The zero-order valence-corrected chi connectivity index (χ0v) is 15.5. The number of amides is 3. The molecule has 6 heteroatoms. The summed E-state index contributed by atoms with van der Waals surface area (Å²) in [6.45, 7) is 4.05. The van der Waals surface area contributed by atoms with E-state index >= 15 is 0 Å². The van der Waals surface area contributed by atoms with Gasteiger partial charge in [0.15, 0.2) is 0 Å². The fraction of sp³-hybridized carbons (Fsp3) is 0.286. The third-order valence-electron chi connectivity index (χ3n) is 4.60. The average molecular weight is 365 g/mol. The molecular formula is C21H23N3O3. The van der Waals surface area contributed by atoms with Crippen molar-refractivity contribution < 1.29 is 14.4 Å². The molecule has 0 aromatic heterocycles. The van der Waals surface area contributed by atoms with Crippen molar-refractivity contribution in [3.05, 3.63) is 53.6 Å². The fourth-order valence-electron chi connectivity index (χ4n) is 3.19. The second-order valence-corrected chi connectivity index (χ2v) is 6.70. The molecule has 1 aliphatic rings. The Morgan fingerprint density at radius 2 is 1.70 bits per heavy atom.